The lowest BCUT2D eigenvalue weighted by Crippen LogP contribution is -2.39. The summed E-state index contributed by atoms with van der Waals surface area (Å²) in [6, 6.07) is 20.7. The fourth-order valence-electron chi connectivity index (χ4n) is 5.42. The largest absolute Gasteiger partial charge is 0.490 e. The zero-order valence-corrected chi connectivity index (χ0v) is 27.6. The Bertz CT molecular complexity index is 1890. The highest BCUT2D eigenvalue weighted by Gasteiger charge is 2.31. The molecule has 46 heavy (non-hydrogen) atoms. The van der Waals surface area contributed by atoms with Crippen LogP contribution < -0.4 is 34.0 Å². The molecule has 1 atom stereocenters. The van der Waals surface area contributed by atoms with Crippen molar-refractivity contribution < 1.29 is 23.7 Å². The number of thiazole rings is 1. The third-order valence-electron chi connectivity index (χ3n) is 7.66. The van der Waals surface area contributed by atoms with Gasteiger partial charge in [-0.05, 0) is 69.2 Å². The maximum absolute atomic E-state index is 14.2. The highest BCUT2D eigenvalue weighted by Crippen LogP contribution is 2.35. The van der Waals surface area contributed by atoms with Crippen LogP contribution in [0.25, 0.3) is 6.08 Å². The molecule has 0 N–H and O–H groups in total. The number of anilines is 1. The first-order valence-corrected chi connectivity index (χ1v) is 16.3. The van der Waals surface area contributed by atoms with Gasteiger partial charge in [0.15, 0.2) is 16.3 Å². The topological polar surface area (TPSA) is 91.6 Å². The summed E-state index contributed by atoms with van der Waals surface area (Å²) in [4.78, 5) is 34.4. The van der Waals surface area contributed by atoms with Gasteiger partial charge in [0.2, 0.25) is 0 Å². The van der Waals surface area contributed by atoms with Gasteiger partial charge >= 0.3 is 5.97 Å². The van der Waals surface area contributed by atoms with Crippen molar-refractivity contribution in [2.24, 2.45) is 4.99 Å². The normalized spacial score (nSPS) is 14.2. The van der Waals surface area contributed by atoms with E-state index in [1.54, 1.807) is 16.7 Å². The second-order valence-corrected chi connectivity index (χ2v) is 11.4. The third-order valence-corrected chi connectivity index (χ3v) is 8.65. The van der Waals surface area contributed by atoms with Crippen molar-refractivity contribution in [1.82, 2.24) is 4.57 Å². The van der Waals surface area contributed by atoms with Gasteiger partial charge in [-0.1, -0.05) is 47.7 Å². The van der Waals surface area contributed by atoms with E-state index in [2.05, 4.69) is 23.7 Å². The number of carbonyl (C=O) groups excluding carboxylic acids is 1. The second-order valence-electron chi connectivity index (χ2n) is 10.4. The molecule has 0 radical (unpaired) electrons. The van der Waals surface area contributed by atoms with Gasteiger partial charge in [0.25, 0.3) is 5.56 Å². The van der Waals surface area contributed by atoms with Crippen LogP contribution in [0.5, 0.6) is 17.2 Å². The predicted molar refractivity (Wildman–Crippen MR) is 181 cm³/mol. The van der Waals surface area contributed by atoms with Crippen molar-refractivity contribution in [2.75, 3.05) is 38.3 Å². The molecule has 1 aromatic heterocycles. The molecule has 2 heterocycles. The zero-order chi connectivity index (χ0) is 32.6. The number of hydrogen-bond acceptors (Lipinski definition) is 9. The van der Waals surface area contributed by atoms with E-state index in [-0.39, 0.29) is 11.1 Å². The van der Waals surface area contributed by atoms with E-state index in [1.165, 1.54) is 24.6 Å². The summed E-state index contributed by atoms with van der Waals surface area (Å²) in [5.41, 5.74) is 3.47. The van der Waals surface area contributed by atoms with E-state index in [0.717, 1.165) is 29.9 Å². The Balaban J connectivity index is 1.63. The molecule has 0 fully saturated rings. The fraction of sp³-hybridized carbons (Fsp3) is 0.306. The molecule has 0 saturated carbocycles. The number of rotatable bonds is 13. The first kappa shape index (κ1) is 32.6. The van der Waals surface area contributed by atoms with Gasteiger partial charge in [0.05, 0.1) is 36.5 Å². The molecule has 4 aromatic rings. The molecule has 0 spiro atoms. The van der Waals surface area contributed by atoms with E-state index in [4.69, 9.17) is 18.9 Å². The Morgan fingerprint density at radius 1 is 0.913 bits per heavy atom. The number of ether oxygens (including phenoxy) is 4. The van der Waals surface area contributed by atoms with Crippen LogP contribution in [0.3, 0.4) is 0 Å². The third kappa shape index (κ3) is 6.87. The van der Waals surface area contributed by atoms with Crippen LogP contribution in [-0.4, -0.2) is 43.9 Å². The number of aromatic nitrogens is 1. The van der Waals surface area contributed by atoms with Crippen molar-refractivity contribution in [2.45, 2.75) is 40.3 Å². The van der Waals surface area contributed by atoms with E-state index in [9.17, 15) is 9.59 Å². The summed E-state index contributed by atoms with van der Waals surface area (Å²) in [6.07, 6.45) is 3.31. The maximum Gasteiger partial charge on any atom is 0.337 e. The Hall–Kier alpha value is -4.83. The van der Waals surface area contributed by atoms with Crippen molar-refractivity contribution in [1.29, 1.82) is 0 Å². The van der Waals surface area contributed by atoms with E-state index in [1.807, 2.05) is 74.5 Å². The number of methoxy groups -OCH3 is 1. The molecular formula is C36H39N3O6S. The minimum Gasteiger partial charge on any atom is -0.490 e. The van der Waals surface area contributed by atoms with Gasteiger partial charge in [0, 0.05) is 36.6 Å². The van der Waals surface area contributed by atoms with Gasteiger partial charge in [-0.25, -0.2) is 9.79 Å². The standard InChI is InChI=1S/C36H39N3O6S/c1-6-38(7-2)27-17-15-25(30(21-27)45-23-24-13-11-10-12-14-24)20-32-34(40)39-33(28(35(41)42-5)22-37-36(39)46-32)26-16-18-29(43-8-3)31(19-26)44-9-4/h10-22,33H,6-9,23H2,1-5H3/b32-20+/t33-/m1/s1. The Labute approximate surface area is 272 Å². The first-order chi connectivity index (χ1) is 22.4. The van der Waals surface area contributed by atoms with Crippen molar-refractivity contribution in [3.05, 3.63) is 115 Å². The number of fused-ring (bicyclic) bond motifs is 1. The van der Waals surface area contributed by atoms with Crippen LogP contribution in [-0.2, 0) is 16.1 Å². The smallest absolute Gasteiger partial charge is 0.337 e. The van der Waals surface area contributed by atoms with Gasteiger partial charge < -0.3 is 23.8 Å². The highest BCUT2D eigenvalue weighted by molar-refractivity contribution is 7.07. The van der Waals surface area contributed by atoms with Crippen LogP contribution >= 0.6 is 11.3 Å². The van der Waals surface area contributed by atoms with Crippen molar-refractivity contribution in [3.63, 3.8) is 0 Å². The predicted octanol–water partition coefficient (Wildman–Crippen LogP) is 5.24. The monoisotopic (exact) mass is 641 g/mol. The molecule has 0 saturated heterocycles. The minimum atomic E-state index is -0.778. The van der Waals surface area contributed by atoms with Gasteiger partial charge in [-0.2, -0.15) is 0 Å². The number of benzene rings is 3. The number of hydrogen-bond donors (Lipinski definition) is 0. The van der Waals surface area contributed by atoms with Crippen LogP contribution in [0, 0.1) is 0 Å². The van der Waals surface area contributed by atoms with Crippen LogP contribution in [0.15, 0.2) is 88.3 Å². The number of nitrogens with zero attached hydrogens (tertiary/aromatic N) is 3. The quantitative estimate of drug-likeness (QED) is 0.185. The van der Waals surface area contributed by atoms with E-state index >= 15 is 0 Å². The summed E-state index contributed by atoms with van der Waals surface area (Å²) < 4.78 is 25.1. The summed E-state index contributed by atoms with van der Waals surface area (Å²) >= 11 is 1.25. The van der Waals surface area contributed by atoms with Crippen LogP contribution in [0.2, 0.25) is 0 Å². The lowest BCUT2D eigenvalue weighted by atomic mass is 9.97. The SMILES string of the molecule is CCOc1ccc([C@@H]2C(C(=O)OC)=CN=c3s/c(=C/c4ccc(N(CC)CC)cc4OCc4ccccc4)c(=O)n32)cc1OCC. The molecule has 0 aliphatic carbocycles. The highest BCUT2D eigenvalue weighted by atomic mass is 32.1. The average molecular weight is 642 g/mol. The molecule has 3 aromatic carbocycles. The van der Waals surface area contributed by atoms with Crippen molar-refractivity contribution in [3.8, 4) is 17.2 Å². The summed E-state index contributed by atoms with van der Waals surface area (Å²) in [6.45, 7) is 11.0. The lowest BCUT2D eigenvalue weighted by molar-refractivity contribution is -0.136. The van der Waals surface area contributed by atoms with E-state index < -0.39 is 12.0 Å². The molecule has 0 amide bonds. The molecular weight excluding hydrogens is 602 g/mol. The minimum absolute atomic E-state index is 0.239. The molecule has 1 aliphatic rings. The zero-order valence-electron chi connectivity index (χ0n) is 26.8. The molecule has 0 unspecified atom stereocenters. The number of esters is 1. The van der Waals surface area contributed by atoms with Crippen molar-refractivity contribution >= 4 is 29.1 Å². The molecule has 1 aliphatic heterocycles. The first-order valence-electron chi connectivity index (χ1n) is 15.5. The molecule has 10 heteroatoms. The fourth-order valence-corrected chi connectivity index (χ4v) is 6.38. The molecule has 9 nitrogen and oxygen atoms in total. The van der Waals surface area contributed by atoms with E-state index in [0.29, 0.717) is 52.0 Å². The Kier molecular flexibility index (Phi) is 10.6. The van der Waals surface area contributed by atoms with Gasteiger partial charge in [0.1, 0.15) is 12.4 Å². The molecule has 0 bridgehead atoms. The molecule has 240 valence electrons. The number of carbonyl (C=O) groups is 1. The second kappa shape index (κ2) is 15.0. The Morgan fingerprint density at radius 2 is 1.65 bits per heavy atom. The lowest BCUT2D eigenvalue weighted by Gasteiger charge is -2.23. The van der Waals surface area contributed by atoms with Crippen LogP contribution in [0.1, 0.15) is 50.4 Å². The average Bonchev–Trinajstić information content (AvgIpc) is 3.40. The summed E-state index contributed by atoms with van der Waals surface area (Å²) in [5, 5.41) is 0. The summed E-state index contributed by atoms with van der Waals surface area (Å²) in [5.74, 6) is 1.20. The van der Waals surface area contributed by atoms with Gasteiger partial charge in [-0.15, -0.1) is 0 Å². The Morgan fingerprint density at radius 3 is 2.35 bits per heavy atom. The molecule has 5 rings (SSSR count). The van der Waals surface area contributed by atoms with Crippen LogP contribution in [0.4, 0.5) is 5.69 Å². The summed E-state index contributed by atoms with van der Waals surface area (Å²) in [7, 11) is 1.31. The van der Waals surface area contributed by atoms with Gasteiger partial charge in [-0.3, -0.25) is 9.36 Å². The maximum atomic E-state index is 14.2.